The lowest BCUT2D eigenvalue weighted by molar-refractivity contribution is -0.133. The second kappa shape index (κ2) is 8.80. The van der Waals surface area contributed by atoms with E-state index >= 15 is 0 Å². The van der Waals surface area contributed by atoms with Crippen LogP contribution in [0, 0.1) is 12.7 Å². The number of amides is 1. The molecular formula is C24H24FN5OS. The normalized spacial score (nSPS) is 14.9. The van der Waals surface area contributed by atoms with Gasteiger partial charge in [-0.05, 0) is 47.7 Å². The number of hydrogen-bond donors (Lipinski definition) is 0. The Kier molecular flexibility index (Phi) is 5.71. The molecular weight excluding hydrogens is 425 g/mol. The van der Waals surface area contributed by atoms with E-state index in [2.05, 4.69) is 32.5 Å². The van der Waals surface area contributed by atoms with Gasteiger partial charge in [0.25, 0.3) is 0 Å². The van der Waals surface area contributed by atoms with Crippen LogP contribution in [0.2, 0.25) is 0 Å². The molecule has 6 nitrogen and oxygen atoms in total. The summed E-state index contributed by atoms with van der Waals surface area (Å²) in [6.45, 7) is 6.20. The van der Waals surface area contributed by atoms with Crippen LogP contribution >= 0.6 is 11.3 Å². The molecule has 0 saturated carbocycles. The van der Waals surface area contributed by atoms with Gasteiger partial charge in [0, 0.05) is 49.2 Å². The number of aromatic nitrogens is 3. The van der Waals surface area contributed by atoms with E-state index in [9.17, 15) is 9.18 Å². The second-order valence-corrected chi connectivity index (χ2v) is 9.08. The number of fused-ring (bicyclic) bond motifs is 1. The number of rotatable bonds is 5. The molecule has 0 bridgehead atoms. The lowest BCUT2D eigenvalue weighted by Gasteiger charge is -2.34. The largest absolute Gasteiger partial charge is 0.339 e. The Bertz CT molecular complexity index is 1230. The molecule has 0 aliphatic carbocycles. The number of halogens is 1. The highest BCUT2D eigenvalue weighted by molar-refractivity contribution is 7.09. The molecule has 164 valence electrons. The summed E-state index contributed by atoms with van der Waals surface area (Å²) in [5.41, 5.74) is 3.32. The highest BCUT2D eigenvalue weighted by Gasteiger charge is 2.23. The zero-order valence-electron chi connectivity index (χ0n) is 17.9. The van der Waals surface area contributed by atoms with Crippen molar-refractivity contribution >= 4 is 28.3 Å². The minimum absolute atomic E-state index is 0.0548. The lowest BCUT2D eigenvalue weighted by Crippen LogP contribution is -2.49. The smallest absolute Gasteiger partial charge is 0.244 e. The third-order valence-corrected chi connectivity index (χ3v) is 6.79. The summed E-state index contributed by atoms with van der Waals surface area (Å²) >= 11 is 1.77. The number of hydrogen-bond acceptors (Lipinski definition) is 5. The van der Waals surface area contributed by atoms with Crippen LogP contribution in [-0.2, 0) is 17.9 Å². The van der Waals surface area contributed by atoms with Crippen molar-refractivity contribution in [2.45, 2.75) is 20.0 Å². The number of pyridine rings is 1. The van der Waals surface area contributed by atoms with Gasteiger partial charge >= 0.3 is 0 Å². The van der Waals surface area contributed by atoms with Crippen LogP contribution in [0.25, 0.3) is 22.2 Å². The summed E-state index contributed by atoms with van der Waals surface area (Å²) in [7, 11) is 0. The first-order chi connectivity index (χ1) is 15.6. The topological polar surface area (TPSA) is 54.3 Å². The molecule has 5 rings (SSSR count). The average Bonchev–Trinajstić information content (AvgIpc) is 3.43. The van der Waals surface area contributed by atoms with Crippen molar-refractivity contribution in [2.75, 3.05) is 26.2 Å². The van der Waals surface area contributed by atoms with Gasteiger partial charge in [-0.3, -0.25) is 9.69 Å². The molecule has 3 aromatic heterocycles. The summed E-state index contributed by atoms with van der Waals surface area (Å²) in [5, 5.41) is 7.61. The number of benzene rings is 1. The third kappa shape index (κ3) is 4.16. The highest BCUT2D eigenvalue weighted by Crippen LogP contribution is 2.30. The van der Waals surface area contributed by atoms with Gasteiger partial charge in [0.05, 0.1) is 5.69 Å². The number of aryl methyl sites for hydroxylation is 1. The van der Waals surface area contributed by atoms with E-state index in [1.807, 2.05) is 17.9 Å². The minimum Gasteiger partial charge on any atom is -0.339 e. The summed E-state index contributed by atoms with van der Waals surface area (Å²) in [6.07, 6.45) is 1.71. The Morgan fingerprint density at radius 3 is 2.59 bits per heavy atom. The number of thiophene rings is 1. The van der Waals surface area contributed by atoms with Crippen LogP contribution in [0.4, 0.5) is 4.39 Å². The molecule has 0 N–H and O–H groups in total. The summed E-state index contributed by atoms with van der Waals surface area (Å²) < 4.78 is 15.1. The van der Waals surface area contributed by atoms with Crippen LogP contribution in [0.5, 0.6) is 0 Å². The zero-order valence-corrected chi connectivity index (χ0v) is 18.7. The zero-order chi connectivity index (χ0) is 22.1. The second-order valence-electron chi connectivity index (χ2n) is 8.04. The molecule has 4 aromatic rings. The van der Waals surface area contributed by atoms with Gasteiger partial charge < -0.3 is 4.90 Å². The average molecular weight is 450 g/mol. The fraction of sp³-hybridized carbons (Fsp3) is 0.292. The van der Waals surface area contributed by atoms with Crippen molar-refractivity contribution in [3.8, 4) is 11.1 Å². The maximum absolute atomic E-state index is 13.4. The maximum atomic E-state index is 13.4. The van der Waals surface area contributed by atoms with E-state index in [1.54, 1.807) is 34.3 Å². The first-order valence-electron chi connectivity index (χ1n) is 10.7. The fourth-order valence-electron chi connectivity index (χ4n) is 4.27. The van der Waals surface area contributed by atoms with Gasteiger partial charge in [-0.25, -0.2) is 14.1 Å². The molecule has 4 heterocycles. The van der Waals surface area contributed by atoms with Gasteiger partial charge in [-0.2, -0.15) is 5.10 Å². The minimum atomic E-state index is -0.271. The number of nitrogens with zero attached hydrogens (tertiary/aromatic N) is 5. The number of carbonyl (C=O) groups excluding carboxylic acids is 1. The van der Waals surface area contributed by atoms with Crippen LogP contribution in [0.15, 0.2) is 54.0 Å². The van der Waals surface area contributed by atoms with E-state index in [-0.39, 0.29) is 18.3 Å². The maximum Gasteiger partial charge on any atom is 0.244 e. The van der Waals surface area contributed by atoms with E-state index < -0.39 is 0 Å². The molecule has 1 aromatic carbocycles. The molecule has 1 aliphatic rings. The predicted molar refractivity (Wildman–Crippen MR) is 124 cm³/mol. The molecule has 0 radical (unpaired) electrons. The van der Waals surface area contributed by atoms with Crippen molar-refractivity contribution in [2.24, 2.45) is 0 Å². The third-order valence-electron chi connectivity index (χ3n) is 5.93. The van der Waals surface area contributed by atoms with Crippen LogP contribution in [0.3, 0.4) is 0 Å². The monoisotopic (exact) mass is 449 g/mol. The molecule has 0 atom stereocenters. The fourth-order valence-corrected chi connectivity index (χ4v) is 5.01. The summed E-state index contributed by atoms with van der Waals surface area (Å²) in [5.74, 6) is -0.216. The van der Waals surface area contributed by atoms with E-state index in [0.29, 0.717) is 5.65 Å². The molecule has 8 heteroatoms. The Labute approximate surface area is 189 Å². The Morgan fingerprint density at radius 2 is 1.88 bits per heavy atom. The van der Waals surface area contributed by atoms with Crippen molar-refractivity contribution in [3.05, 3.63) is 70.4 Å². The van der Waals surface area contributed by atoms with Crippen molar-refractivity contribution in [1.29, 1.82) is 0 Å². The van der Waals surface area contributed by atoms with E-state index in [4.69, 9.17) is 0 Å². The number of carbonyl (C=O) groups is 1. The standard InChI is InChI=1S/C24H24FN5OS/c1-17-23-21(18-4-6-19(25)7-5-18)8-9-26-24(23)30(27-17)16-22(31)29-12-10-28(11-13-29)15-20-3-2-14-32-20/h2-9,14H,10-13,15-16H2,1H3. The van der Waals surface area contributed by atoms with Crippen molar-refractivity contribution in [3.63, 3.8) is 0 Å². The first kappa shape index (κ1) is 20.8. The molecule has 0 spiro atoms. The summed E-state index contributed by atoms with van der Waals surface area (Å²) in [4.78, 5) is 23.2. The predicted octanol–water partition coefficient (Wildman–Crippen LogP) is 3.95. The first-order valence-corrected chi connectivity index (χ1v) is 11.6. The molecule has 0 unspecified atom stereocenters. The molecule has 1 saturated heterocycles. The van der Waals surface area contributed by atoms with Crippen LogP contribution in [-0.4, -0.2) is 56.7 Å². The van der Waals surface area contributed by atoms with Gasteiger partial charge in [0.15, 0.2) is 5.65 Å². The Morgan fingerprint density at radius 1 is 1.09 bits per heavy atom. The van der Waals surface area contributed by atoms with Gasteiger partial charge in [0.2, 0.25) is 5.91 Å². The van der Waals surface area contributed by atoms with Crippen molar-refractivity contribution < 1.29 is 9.18 Å². The molecule has 32 heavy (non-hydrogen) atoms. The summed E-state index contributed by atoms with van der Waals surface area (Å²) in [6, 6.07) is 12.5. The number of piperazine rings is 1. The molecule has 1 aliphatic heterocycles. The van der Waals surface area contributed by atoms with Gasteiger partial charge in [0.1, 0.15) is 12.4 Å². The molecule has 1 amide bonds. The Balaban J connectivity index is 1.31. The SMILES string of the molecule is Cc1nn(CC(=O)N2CCN(Cc3cccs3)CC2)c2nccc(-c3ccc(F)cc3)c12. The van der Waals surface area contributed by atoms with E-state index in [0.717, 1.165) is 54.9 Å². The van der Waals surface area contributed by atoms with Crippen molar-refractivity contribution in [1.82, 2.24) is 24.6 Å². The van der Waals surface area contributed by atoms with Crippen LogP contribution in [0.1, 0.15) is 10.6 Å². The highest BCUT2D eigenvalue weighted by atomic mass is 32.1. The molecule has 1 fully saturated rings. The quantitative estimate of drug-likeness (QED) is 0.463. The Hall–Kier alpha value is -3.10. The van der Waals surface area contributed by atoms with E-state index in [1.165, 1.54) is 17.0 Å². The van der Waals surface area contributed by atoms with Gasteiger partial charge in [-0.15, -0.1) is 11.3 Å². The van der Waals surface area contributed by atoms with Gasteiger partial charge in [-0.1, -0.05) is 18.2 Å². The van der Waals surface area contributed by atoms with Crippen LogP contribution < -0.4 is 0 Å². The lowest BCUT2D eigenvalue weighted by atomic mass is 10.0.